The van der Waals surface area contributed by atoms with Gasteiger partial charge in [0.05, 0.1) is 0 Å². The zero-order valence-corrected chi connectivity index (χ0v) is 14.4. The van der Waals surface area contributed by atoms with Crippen molar-refractivity contribution in [2.45, 2.75) is 68.2 Å². The molecule has 0 spiro atoms. The third kappa shape index (κ3) is 4.82. The molecule has 0 aromatic rings. The Morgan fingerprint density at radius 1 is 1.26 bits per heavy atom. The summed E-state index contributed by atoms with van der Waals surface area (Å²) in [5.41, 5.74) is 2.14. The molecule has 1 aliphatic carbocycles. The Bertz CT molecular complexity index is 347. The molecule has 2 atom stereocenters. The minimum atomic E-state index is 0.299. The highest BCUT2D eigenvalue weighted by molar-refractivity contribution is 5.23. The predicted octanol–water partition coefficient (Wildman–Crippen LogP) is 6.24. The van der Waals surface area contributed by atoms with Gasteiger partial charge in [-0.2, -0.15) is 0 Å². The lowest BCUT2D eigenvalue weighted by molar-refractivity contribution is 0.104. The molecule has 0 heteroatoms. The largest absolute Gasteiger partial charge is 0.0840 e. The first-order valence-corrected chi connectivity index (χ1v) is 7.89. The minimum Gasteiger partial charge on any atom is -0.0840 e. The monoisotopic (exact) mass is 262 g/mol. The maximum Gasteiger partial charge on any atom is -0.0135 e. The first kappa shape index (κ1) is 16.5. The molecule has 0 saturated heterocycles. The smallest absolute Gasteiger partial charge is 0.0135 e. The molecule has 0 saturated carbocycles. The first-order chi connectivity index (χ1) is 8.53. The molecule has 0 heterocycles. The van der Waals surface area contributed by atoms with E-state index in [2.05, 4.69) is 73.6 Å². The van der Waals surface area contributed by atoms with Crippen LogP contribution in [0, 0.1) is 28.6 Å². The Morgan fingerprint density at radius 3 is 2.32 bits per heavy atom. The van der Waals surface area contributed by atoms with Crippen molar-refractivity contribution in [3.05, 3.63) is 23.8 Å². The van der Waals surface area contributed by atoms with Crippen molar-refractivity contribution < 1.29 is 0 Å². The zero-order chi connectivity index (χ0) is 14.8. The average molecular weight is 262 g/mol. The van der Waals surface area contributed by atoms with Crippen LogP contribution in [0.15, 0.2) is 23.8 Å². The van der Waals surface area contributed by atoms with Crippen LogP contribution in [0.5, 0.6) is 0 Å². The van der Waals surface area contributed by atoms with Gasteiger partial charge in [0, 0.05) is 0 Å². The van der Waals surface area contributed by atoms with Gasteiger partial charge in [-0.1, -0.05) is 72.3 Å². The highest BCUT2D eigenvalue weighted by atomic mass is 14.4. The Balaban J connectivity index is 3.04. The molecule has 2 unspecified atom stereocenters. The standard InChI is InChI=1S/C19H34/c1-14(2)16(13-18(4,5)6)17-11-9-10-15(3)12-19(17,7)8/h9-10,12,14,16-17H,11,13H2,1-8H3. The third-order valence-electron chi connectivity index (χ3n) is 4.55. The normalized spacial score (nSPS) is 25.1. The highest BCUT2D eigenvalue weighted by Crippen LogP contribution is 2.46. The van der Waals surface area contributed by atoms with E-state index in [1.807, 2.05) is 0 Å². The Hall–Kier alpha value is -0.520. The lowest BCUT2D eigenvalue weighted by atomic mass is 9.63. The molecular weight excluding hydrogens is 228 g/mol. The van der Waals surface area contributed by atoms with E-state index in [-0.39, 0.29) is 0 Å². The Labute approximate surface area is 121 Å². The lowest BCUT2D eigenvalue weighted by Crippen LogP contribution is -2.34. The van der Waals surface area contributed by atoms with Gasteiger partial charge in [-0.25, -0.2) is 0 Å². The summed E-state index contributed by atoms with van der Waals surface area (Å²) in [4.78, 5) is 0. The van der Waals surface area contributed by atoms with Crippen LogP contribution in [0.25, 0.3) is 0 Å². The van der Waals surface area contributed by atoms with Gasteiger partial charge in [0.1, 0.15) is 0 Å². The molecular formula is C19H34. The zero-order valence-electron chi connectivity index (χ0n) is 14.4. The fraction of sp³-hybridized carbons (Fsp3) is 0.789. The van der Waals surface area contributed by atoms with E-state index in [4.69, 9.17) is 0 Å². The fourth-order valence-corrected chi connectivity index (χ4v) is 3.72. The van der Waals surface area contributed by atoms with Crippen LogP contribution in [-0.4, -0.2) is 0 Å². The summed E-state index contributed by atoms with van der Waals surface area (Å²) in [5, 5.41) is 0. The maximum atomic E-state index is 2.49. The highest BCUT2D eigenvalue weighted by Gasteiger charge is 2.37. The van der Waals surface area contributed by atoms with Crippen molar-refractivity contribution in [2.24, 2.45) is 28.6 Å². The molecule has 0 aliphatic heterocycles. The van der Waals surface area contributed by atoms with Gasteiger partial charge in [0.15, 0.2) is 0 Å². The van der Waals surface area contributed by atoms with Gasteiger partial charge in [0.25, 0.3) is 0 Å². The Morgan fingerprint density at radius 2 is 1.84 bits per heavy atom. The first-order valence-electron chi connectivity index (χ1n) is 7.89. The van der Waals surface area contributed by atoms with Crippen molar-refractivity contribution in [1.29, 1.82) is 0 Å². The number of rotatable bonds is 3. The summed E-state index contributed by atoms with van der Waals surface area (Å²) < 4.78 is 0. The minimum absolute atomic E-state index is 0.299. The van der Waals surface area contributed by atoms with Crippen molar-refractivity contribution in [2.75, 3.05) is 0 Å². The second kappa shape index (κ2) is 5.85. The fourth-order valence-electron chi connectivity index (χ4n) is 3.72. The third-order valence-corrected chi connectivity index (χ3v) is 4.55. The van der Waals surface area contributed by atoms with E-state index in [0.29, 0.717) is 10.8 Å². The molecule has 1 aliphatic rings. The lowest BCUT2D eigenvalue weighted by Gasteiger charge is -2.42. The molecule has 19 heavy (non-hydrogen) atoms. The predicted molar refractivity (Wildman–Crippen MR) is 87.2 cm³/mol. The van der Waals surface area contributed by atoms with Gasteiger partial charge in [-0.05, 0) is 48.3 Å². The molecule has 0 aromatic carbocycles. The molecule has 1 rings (SSSR count). The summed E-state index contributed by atoms with van der Waals surface area (Å²) in [7, 11) is 0. The summed E-state index contributed by atoms with van der Waals surface area (Å²) in [6.07, 6.45) is 9.72. The van der Waals surface area contributed by atoms with Crippen LogP contribution in [0.2, 0.25) is 0 Å². The van der Waals surface area contributed by atoms with Crippen molar-refractivity contribution in [3.63, 3.8) is 0 Å². The van der Waals surface area contributed by atoms with Crippen LogP contribution in [-0.2, 0) is 0 Å². The quantitative estimate of drug-likeness (QED) is 0.564. The van der Waals surface area contributed by atoms with Crippen LogP contribution in [0.3, 0.4) is 0 Å². The van der Waals surface area contributed by atoms with Crippen molar-refractivity contribution >= 4 is 0 Å². The molecule has 110 valence electrons. The van der Waals surface area contributed by atoms with Gasteiger partial charge >= 0.3 is 0 Å². The summed E-state index contributed by atoms with van der Waals surface area (Å²) in [5.74, 6) is 2.30. The van der Waals surface area contributed by atoms with Crippen molar-refractivity contribution in [1.82, 2.24) is 0 Å². The van der Waals surface area contributed by atoms with E-state index in [1.165, 1.54) is 18.4 Å². The van der Waals surface area contributed by atoms with Crippen LogP contribution in [0.4, 0.5) is 0 Å². The van der Waals surface area contributed by atoms with Gasteiger partial charge in [0.2, 0.25) is 0 Å². The summed E-state index contributed by atoms with van der Waals surface area (Å²) in [6.45, 7) is 19.0. The molecule has 0 radical (unpaired) electrons. The molecule has 0 bridgehead atoms. The molecule has 0 aromatic heterocycles. The van der Waals surface area contributed by atoms with Crippen LogP contribution >= 0.6 is 0 Å². The SMILES string of the molecule is CC1=CC(C)(C)C(C(CC(C)(C)C)C(C)C)CC=C1. The number of hydrogen-bond donors (Lipinski definition) is 0. The molecule has 0 fully saturated rings. The van der Waals surface area contributed by atoms with E-state index in [9.17, 15) is 0 Å². The van der Waals surface area contributed by atoms with Crippen LogP contribution < -0.4 is 0 Å². The van der Waals surface area contributed by atoms with Crippen molar-refractivity contribution in [3.8, 4) is 0 Å². The van der Waals surface area contributed by atoms with Gasteiger partial charge in [-0.15, -0.1) is 0 Å². The second-order valence-corrected chi connectivity index (χ2v) is 8.63. The molecule has 0 nitrogen and oxygen atoms in total. The second-order valence-electron chi connectivity index (χ2n) is 8.63. The summed E-state index contributed by atoms with van der Waals surface area (Å²) >= 11 is 0. The molecule has 0 amide bonds. The van der Waals surface area contributed by atoms with Gasteiger partial charge in [-0.3, -0.25) is 0 Å². The van der Waals surface area contributed by atoms with E-state index >= 15 is 0 Å². The van der Waals surface area contributed by atoms with E-state index in [0.717, 1.165) is 17.8 Å². The summed E-state index contributed by atoms with van der Waals surface area (Å²) in [6, 6.07) is 0. The molecule has 0 N–H and O–H groups in total. The van der Waals surface area contributed by atoms with E-state index in [1.54, 1.807) is 0 Å². The topological polar surface area (TPSA) is 0 Å². The Kier molecular flexibility index (Phi) is 5.09. The number of allylic oxidation sites excluding steroid dienone is 4. The number of hydrogen-bond acceptors (Lipinski definition) is 0. The maximum absolute atomic E-state index is 2.49. The van der Waals surface area contributed by atoms with E-state index < -0.39 is 0 Å². The van der Waals surface area contributed by atoms with Gasteiger partial charge < -0.3 is 0 Å². The van der Waals surface area contributed by atoms with Crippen LogP contribution in [0.1, 0.15) is 68.2 Å². The average Bonchev–Trinajstić information content (AvgIpc) is 2.30.